The number of carboxylic acid groups (broad SMARTS) is 1. The van der Waals surface area contributed by atoms with Crippen LogP contribution >= 0.6 is 0 Å². The molecule has 4 nitrogen and oxygen atoms in total. The van der Waals surface area contributed by atoms with Gasteiger partial charge in [0.05, 0.1) is 5.56 Å². The van der Waals surface area contributed by atoms with E-state index in [-0.39, 0.29) is 0 Å². The average molecular weight is 250 g/mol. The van der Waals surface area contributed by atoms with Gasteiger partial charge in [0, 0.05) is 24.8 Å². The average Bonchev–Trinajstić information content (AvgIpc) is 2.29. The minimum absolute atomic E-state index is 0.336. The Morgan fingerprint density at radius 2 is 2.06 bits per heavy atom. The minimum Gasteiger partial charge on any atom is -0.478 e. The van der Waals surface area contributed by atoms with E-state index in [1.54, 1.807) is 18.2 Å². The molecule has 0 heterocycles. The largest absolute Gasteiger partial charge is 0.478 e. The highest BCUT2D eigenvalue weighted by molar-refractivity contribution is 5.88. The Morgan fingerprint density at radius 1 is 1.39 bits per heavy atom. The highest BCUT2D eigenvalue weighted by atomic mass is 16.4. The summed E-state index contributed by atoms with van der Waals surface area (Å²) in [6.07, 6.45) is 0. The highest BCUT2D eigenvalue weighted by Crippen LogP contribution is 2.19. The monoisotopic (exact) mass is 250 g/mol. The predicted molar refractivity (Wildman–Crippen MR) is 74.4 cm³/mol. The van der Waals surface area contributed by atoms with Gasteiger partial charge in [-0.1, -0.05) is 6.07 Å². The van der Waals surface area contributed by atoms with Crippen molar-refractivity contribution in [2.24, 2.45) is 0 Å². The first-order valence-corrected chi connectivity index (χ1v) is 6.20. The Labute approximate surface area is 109 Å². The number of anilines is 1. The molecule has 0 aliphatic carbocycles. The van der Waals surface area contributed by atoms with E-state index >= 15 is 0 Å². The number of likely N-dealkylation sites (N-methyl/N-ethyl adjacent to an activating group) is 2. The number of hydrogen-bond donors (Lipinski definition) is 1. The van der Waals surface area contributed by atoms with Crippen LogP contribution < -0.4 is 4.90 Å². The van der Waals surface area contributed by atoms with Gasteiger partial charge in [-0.15, -0.1) is 0 Å². The van der Waals surface area contributed by atoms with Gasteiger partial charge >= 0.3 is 5.97 Å². The Hall–Kier alpha value is -1.55. The molecular weight excluding hydrogens is 228 g/mol. The van der Waals surface area contributed by atoms with E-state index in [0.717, 1.165) is 18.8 Å². The quantitative estimate of drug-likeness (QED) is 0.840. The van der Waals surface area contributed by atoms with Gasteiger partial charge in [-0.3, -0.25) is 0 Å². The van der Waals surface area contributed by atoms with Crippen LogP contribution in [0.5, 0.6) is 0 Å². The molecule has 0 spiro atoms. The van der Waals surface area contributed by atoms with Crippen molar-refractivity contribution in [3.8, 4) is 0 Å². The maximum atomic E-state index is 11.0. The molecule has 0 bridgehead atoms. The number of carboxylic acids is 1. The molecule has 1 atom stereocenters. The maximum absolute atomic E-state index is 11.0. The topological polar surface area (TPSA) is 43.8 Å². The fraction of sp³-hybridized carbons (Fsp3) is 0.500. The Kier molecular flexibility index (Phi) is 5.16. The summed E-state index contributed by atoms with van der Waals surface area (Å²) in [7, 11) is 4.08. The van der Waals surface area contributed by atoms with Gasteiger partial charge in [0.2, 0.25) is 0 Å². The molecule has 0 aliphatic rings. The van der Waals surface area contributed by atoms with Crippen molar-refractivity contribution in [2.45, 2.75) is 19.9 Å². The van der Waals surface area contributed by atoms with E-state index in [4.69, 9.17) is 5.11 Å². The van der Waals surface area contributed by atoms with E-state index in [1.165, 1.54) is 0 Å². The van der Waals surface area contributed by atoms with E-state index in [0.29, 0.717) is 11.6 Å². The van der Waals surface area contributed by atoms with Gasteiger partial charge < -0.3 is 14.9 Å². The third-order valence-electron chi connectivity index (χ3n) is 2.93. The van der Waals surface area contributed by atoms with Gasteiger partial charge in [0.15, 0.2) is 0 Å². The zero-order chi connectivity index (χ0) is 13.7. The molecule has 1 unspecified atom stereocenters. The Bertz CT molecular complexity index is 405. The number of carbonyl (C=O) groups is 1. The van der Waals surface area contributed by atoms with E-state index in [9.17, 15) is 4.79 Å². The number of nitrogens with zero attached hydrogens (tertiary/aromatic N) is 2. The molecule has 100 valence electrons. The fourth-order valence-corrected chi connectivity index (χ4v) is 2.19. The van der Waals surface area contributed by atoms with Crippen LogP contribution in [0.15, 0.2) is 24.3 Å². The van der Waals surface area contributed by atoms with Crippen LogP contribution in [0.4, 0.5) is 5.69 Å². The van der Waals surface area contributed by atoms with Gasteiger partial charge in [0.1, 0.15) is 0 Å². The number of aromatic carboxylic acids is 1. The van der Waals surface area contributed by atoms with Crippen molar-refractivity contribution in [1.82, 2.24) is 4.90 Å². The summed E-state index contributed by atoms with van der Waals surface area (Å²) in [6.45, 7) is 6.03. The summed E-state index contributed by atoms with van der Waals surface area (Å²) < 4.78 is 0. The molecule has 18 heavy (non-hydrogen) atoms. The molecule has 0 fully saturated rings. The molecule has 1 N–H and O–H groups in total. The lowest BCUT2D eigenvalue weighted by Crippen LogP contribution is -2.40. The number of rotatable bonds is 6. The van der Waals surface area contributed by atoms with Crippen molar-refractivity contribution in [2.75, 3.05) is 32.1 Å². The van der Waals surface area contributed by atoms with E-state index < -0.39 is 5.97 Å². The second-order valence-corrected chi connectivity index (χ2v) is 4.75. The van der Waals surface area contributed by atoms with Crippen molar-refractivity contribution in [3.05, 3.63) is 29.8 Å². The van der Waals surface area contributed by atoms with Crippen molar-refractivity contribution in [1.29, 1.82) is 0 Å². The lowest BCUT2D eigenvalue weighted by Gasteiger charge is -2.32. The smallest absolute Gasteiger partial charge is 0.335 e. The molecule has 0 aliphatic heterocycles. The third-order valence-corrected chi connectivity index (χ3v) is 2.93. The van der Waals surface area contributed by atoms with Gasteiger partial charge in [-0.25, -0.2) is 4.79 Å². The lowest BCUT2D eigenvalue weighted by atomic mass is 10.1. The Balaban J connectivity index is 2.94. The summed E-state index contributed by atoms with van der Waals surface area (Å²) in [6, 6.07) is 7.45. The lowest BCUT2D eigenvalue weighted by molar-refractivity contribution is 0.0697. The molecule has 1 aromatic rings. The maximum Gasteiger partial charge on any atom is 0.335 e. The van der Waals surface area contributed by atoms with Crippen LogP contribution in [0.25, 0.3) is 0 Å². The van der Waals surface area contributed by atoms with Crippen molar-refractivity contribution in [3.63, 3.8) is 0 Å². The van der Waals surface area contributed by atoms with Gasteiger partial charge in [-0.05, 0) is 46.1 Å². The van der Waals surface area contributed by atoms with Gasteiger partial charge in [0.25, 0.3) is 0 Å². The van der Waals surface area contributed by atoms with E-state index in [2.05, 4.69) is 23.6 Å². The number of hydrogen-bond acceptors (Lipinski definition) is 3. The summed E-state index contributed by atoms with van der Waals surface area (Å²) in [4.78, 5) is 15.3. The zero-order valence-electron chi connectivity index (χ0n) is 11.6. The SMILES string of the molecule is CCN(c1cccc(C(=O)O)c1)C(C)CN(C)C. The molecule has 0 amide bonds. The highest BCUT2D eigenvalue weighted by Gasteiger charge is 2.14. The van der Waals surface area contributed by atoms with Gasteiger partial charge in [-0.2, -0.15) is 0 Å². The normalized spacial score (nSPS) is 12.5. The Morgan fingerprint density at radius 3 is 2.56 bits per heavy atom. The van der Waals surface area contributed by atoms with Crippen LogP contribution in [-0.2, 0) is 0 Å². The first-order valence-electron chi connectivity index (χ1n) is 6.20. The molecule has 1 rings (SSSR count). The molecule has 0 aromatic heterocycles. The first kappa shape index (κ1) is 14.5. The summed E-state index contributed by atoms with van der Waals surface area (Å²) in [5, 5.41) is 9.02. The van der Waals surface area contributed by atoms with Crippen LogP contribution in [-0.4, -0.2) is 49.2 Å². The third kappa shape index (κ3) is 3.74. The molecule has 0 radical (unpaired) electrons. The van der Waals surface area contributed by atoms with Crippen LogP contribution in [0, 0.1) is 0 Å². The molecule has 1 aromatic carbocycles. The van der Waals surface area contributed by atoms with Crippen molar-refractivity contribution >= 4 is 11.7 Å². The second kappa shape index (κ2) is 6.40. The summed E-state index contributed by atoms with van der Waals surface area (Å²) in [5.74, 6) is -0.881. The van der Waals surface area contributed by atoms with Crippen LogP contribution in [0.3, 0.4) is 0 Å². The fourth-order valence-electron chi connectivity index (χ4n) is 2.19. The molecule has 0 saturated heterocycles. The van der Waals surface area contributed by atoms with Crippen LogP contribution in [0.1, 0.15) is 24.2 Å². The first-order chi connectivity index (χ1) is 8.45. The second-order valence-electron chi connectivity index (χ2n) is 4.75. The molecular formula is C14H22N2O2. The standard InChI is InChI=1S/C14H22N2O2/c1-5-16(11(2)10-15(3)4)13-8-6-7-12(9-13)14(17)18/h6-9,11H,5,10H2,1-4H3,(H,17,18). The van der Waals surface area contributed by atoms with Crippen molar-refractivity contribution < 1.29 is 9.90 Å². The minimum atomic E-state index is -0.881. The predicted octanol–water partition coefficient (Wildman–Crippen LogP) is 2.16. The van der Waals surface area contributed by atoms with E-state index in [1.807, 2.05) is 20.2 Å². The number of benzene rings is 1. The van der Waals surface area contributed by atoms with Crippen LogP contribution in [0.2, 0.25) is 0 Å². The molecule has 0 saturated carbocycles. The summed E-state index contributed by atoms with van der Waals surface area (Å²) in [5.41, 5.74) is 1.30. The zero-order valence-corrected chi connectivity index (χ0v) is 11.6. The summed E-state index contributed by atoms with van der Waals surface area (Å²) >= 11 is 0. The molecule has 4 heteroatoms.